The second kappa shape index (κ2) is 4.72. The van der Waals surface area contributed by atoms with E-state index in [0.717, 1.165) is 5.76 Å². The van der Waals surface area contributed by atoms with Crippen LogP contribution in [0, 0.1) is 6.92 Å². The molecule has 0 aromatic carbocycles. The molecule has 2 unspecified atom stereocenters. The minimum absolute atomic E-state index is 0.513. The van der Waals surface area contributed by atoms with Crippen LogP contribution >= 0.6 is 11.8 Å². The Balaban J connectivity index is 2.54. The Labute approximate surface area is 84.1 Å². The van der Waals surface area contributed by atoms with Gasteiger partial charge in [-0.05, 0) is 27.0 Å². The van der Waals surface area contributed by atoms with Crippen LogP contribution in [0.25, 0.3) is 0 Å². The minimum Gasteiger partial charge on any atom is -0.468 e. The highest BCUT2D eigenvalue weighted by Crippen LogP contribution is 2.28. The third-order valence-corrected chi connectivity index (χ3v) is 3.74. The third kappa shape index (κ3) is 2.78. The number of furan rings is 1. The van der Waals surface area contributed by atoms with Crippen LogP contribution in [0.15, 0.2) is 21.6 Å². The molecule has 2 nitrogen and oxygen atoms in total. The molecule has 0 saturated carbocycles. The van der Waals surface area contributed by atoms with E-state index in [9.17, 15) is 0 Å². The molecule has 3 heteroatoms. The molecular formula is C10H17NOS. The number of aryl methyl sites for hydroxylation is 1. The molecule has 1 aromatic heterocycles. The van der Waals surface area contributed by atoms with Gasteiger partial charge in [0.2, 0.25) is 0 Å². The summed E-state index contributed by atoms with van der Waals surface area (Å²) >= 11 is 1.85. The van der Waals surface area contributed by atoms with Crippen molar-refractivity contribution in [2.75, 3.05) is 7.05 Å². The Bertz CT molecular complexity index is 259. The number of nitrogens with one attached hydrogen (secondary N) is 1. The van der Waals surface area contributed by atoms with Crippen LogP contribution < -0.4 is 5.32 Å². The van der Waals surface area contributed by atoms with Gasteiger partial charge >= 0.3 is 0 Å². The molecule has 1 heterocycles. The Kier molecular flexibility index (Phi) is 3.88. The summed E-state index contributed by atoms with van der Waals surface area (Å²) in [6.45, 7) is 6.41. The summed E-state index contributed by atoms with van der Waals surface area (Å²) in [5, 5.41) is 3.80. The molecule has 0 aliphatic carbocycles. The number of hydrogen-bond donors (Lipinski definition) is 1. The first-order valence-electron chi connectivity index (χ1n) is 4.53. The molecule has 0 aliphatic rings. The summed E-state index contributed by atoms with van der Waals surface area (Å²) in [6, 6.07) is 2.54. The Morgan fingerprint density at radius 3 is 2.62 bits per heavy atom. The smallest absolute Gasteiger partial charge is 0.114 e. The van der Waals surface area contributed by atoms with Gasteiger partial charge in [0, 0.05) is 16.2 Å². The summed E-state index contributed by atoms with van der Waals surface area (Å²) in [5.74, 6) is 1.01. The normalized spacial score (nSPS) is 15.7. The minimum atomic E-state index is 0.513. The highest BCUT2D eigenvalue weighted by atomic mass is 32.2. The van der Waals surface area contributed by atoms with Gasteiger partial charge in [0.25, 0.3) is 0 Å². The van der Waals surface area contributed by atoms with Crippen molar-refractivity contribution in [1.82, 2.24) is 5.32 Å². The van der Waals surface area contributed by atoms with E-state index in [1.807, 2.05) is 31.8 Å². The van der Waals surface area contributed by atoms with Crippen molar-refractivity contribution in [3.8, 4) is 0 Å². The molecule has 1 aromatic rings. The molecule has 74 valence electrons. The van der Waals surface area contributed by atoms with Gasteiger partial charge in [-0.3, -0.25) is 0 Å². The van der Waals surface area contributed by atoms with Gasteiger partial charge in [0.15, 0.2) is 0 Å². The molecule has 0 bridgehead atoms. The van der Waals surface area contributed by atoms with Crippen LogP contribution in [0.1, 0.15) is 19.6 Å². The van der Waals surface area contributed by atoms with Crippen molar-refractivity contribution in [3.05, 3.63) is 18.1 Å². The predicted molar refractivity (Wildman–Crippen MR) is 57.3 cm³/mol. The Morgan fingerprint density at radius 2 is 2.15 bits per heavy atom. The van der Waals surface area contributed by atoms with E-state index in [0.29, 0.717) is 11.3 Å². The van der Waals surface area contributed by atoms with E-state index in [2.05, 4.69) is 19.2 Å². The van der Waals surface area contributed by atoms with E-state index in [1.165, 1.54) is 4.90 Å². The van der Waals surface area contributed by atoms with Gasteiger partial charge in [-0.25, -0.2) is 0 Å². The zero-order chi connectivity index (χ0) is 9.84. The van der Waals surface area contributed by atoms with Gasteiger partial charge in [-0.15, -0.1) is 11.8 Å². The zero-order valence-corrected chi connectivity index (χ0v) is 9.44. The molecule has 1 N–H and O–H groups in total. The fourth-order valence-electron chi connectivity index (χ4n) is 1.03. The van der Waals surface area contributed by atoms with E-state index in [-0.39, 0.29) is 0 Å². The lowest BCUT2D eigenvalue weighted by Crippen LogP contribution is -2.30. The molecule has 13 heavy (non-hydrogen) atoms. The second-order valence-corrected chi connectivity index (χ2v) is 4.66. The fraction of sp³-hybridized carbons (Fsp3) is 0.600. The monoisotopic (exact) mass is 199 g/mol. The van der Waals surface area contributed by atoms with Crippen molar-refractivity contribution in [2.45, 2.75) is 37.0 Å². The second-order valence-electron chi connectivity index (χ2n) is 3.24. The first kappa shape index (κ1) is 10.7. The Morgan fingerprint density at radius 1 is 1.46 bits per heavy atom. The number of rotatable bonds is 4. The van der Waals surface area contributed by atoms with Crippen molar-refractivity contribution in [2.24, 2.45) is 0 Å². The molecule has 0 fully saturated rings. The maximum Gasteiger partial charge on any atom is 0.114 e. The lowest BCUT2D eigenvalue weighted by molar-refractivity contribution is 0.526. The van der Waals surface area contributed by atoms with Crippen molar-refractivity contribution >= 4 is 11.8 Å². The van der Waals surface area contributed by atoms with Gasteiger partial charge in [0.05, 0.1) is 6.26 Å². The van der Waals surface area contributed by atoms with E-state index < -0.39 is 0 Å². The van der Waals surface area contributed by atoms with Crippen molar-refractivity contribution < 1.29 is 4.42 Å². The standard InChI is InChI=1S/C10H17NOS/c1-7(11-4)9(3)13-10-5-6-12-8(10)2/h5-7,9,11H,1-4H3. The predicted octanol–water partition coefficient (Wildman–Crippen LogP) is 2.68. The summed E-state index contributed by atoms with van der Waals surface area (Å²) in [6.07, 6.45) is 1.74. The first-order valence-corrected chi connectivity index (χ1v) is 5.41. The van der Waals surface area contributed by atoms with Crippen molar-refractivity contribution in [1.29, 1.82) is 0 Å². The SMILES string of the molecule is CNC(C)C(C)Sc1ccoc1C. The van der Waals surface area contributed by atoms with Crippen LogP contribution in [0.2, 0.25) is 0 Å². The van der Waals surface area contributed by atoms with Crippen LogP contribution in [0.4, 0.5) is 0 Å². The van der Waals surface area contributed by atoms with Gasteiger partial charge in [-0.1, -0.05) is 6.92 Å². The lowest BCUT2D eigenvalue weighted by Gasteiger charge is -2.17. The molecule has 2 atom stereocenters. The molecule has 0 amide bonds. The first-order chi connectivity index (χ1) is 6.15. The van der Waals surface area contributed by atoms with Crippen LogP contribution in [0.3, 0.4) is 0 Å². The molecule has 0 saturated heterocycles. The Hall–Kier alpha value is -0.410. The van der Waals surface area contributed by atoms with E-state index in [1.54, 1.807) is 6.26 Å². The largest absolute Gasteiger partial charge is 0.468 e. The lowest BCUT2D eigenvalue weighted by atomic mass is 10.3. The summed E-state index contributed by atoms with van der Waals surface area (Å²) in [5.41, 5.74) is 0. The molecule has 0 spiro atoms. The molecular weight excluding hydrogens is 182 g/mol. The number of hydrogen-bond acceptors (Lipinski definition) is 3. The summed E-state index contributed by atoms with van der Waals surface area (Å²) in [4.78, 5) is 1.25. The average Bonchev–Trinajstić information content (AvgIpc) is 2.50. The van der Waals surface area contributed by atoms with Gasteiger partial charge in [0.1, 0.15) is 5.76 Å². The molecule has 0 aliphatic heterocycles. The zero-order valence-electron chi connectivity index (χ0n) is 8.63. The quantitative estimate of drug-likeness (QED) is 0.755. The van der Waals surface area contributed by atoms with Crippen LogP contribution in [-0.4, -0.2) is 18.3 Å². The van der Waals surface area contributed by atoms with Crippen LogP contribution in [-0.2, 0) is 0 Å². The van der Waals surface area contributed by atoms with Gasteiger partial charge < -0.3 is 9.73 Å². The highest BCUT2D eigenvalue weighted by molar-refractivity contribution is 8.00. The maximum absolute atomic E-state index is 5.24. The molecule has 0 radical (unpaired) electrons. The van der Waals surface area contributed by atoms with E-state index in [4.69, 9.17) is 4.42 Å². The summed E-state index contributed by atoms with van der Waals surface area (Å²) in [7, 11) is 1.99. The topological polar surface area (TPSA) is 25.2 Å². The number of thioether (sulfide) groups is 1. The van der Waals surface area contributed by atoms with Crippen LogP contribution in [0.5, 0.6) is 0 Å². The van der Waals surface area contributed by atoms with Crippen molar-refractivity contribution in [3.63, 3.8) is 0 Å². The van der Waals surface area contributed by atoms with Gasteiger partial charge in [-0.2, -0.15) is 0 Å². The maximum atomic E-state index is 5.24. The fourth-order valence-corrected chi connectivity index (χ4v) is 2.12. The van der Waals surface area contributed by atoms with E-state index >= 15 is 0 Å². The summed E-state index contributed by atoms with van der Waals surface area (Å²) < 4.78 is 5.24. The highest BCUT2D eigenvalue weighted by Gasteiger charge is 2.13. The molecule has 1 rings (SSSR count). The average molecular weight is 199 g/mol. The third-order valence-electron chi connectivity index (χ3n) is 2.28.